The Morgan fingerprint density at radius 3 is 2.44 bits per heavy atom. The van der Waals surface area contributed by atoms with Crippen LogP contribution in [-0.2, 0) is 11.0 Å². The molecule has 0 bridgehead atoms. The lowest BCUT2D eigenvalue weighted by molar-refractivity contribution is -0.138. The van der Waals surface area contributed by atoms with Crippen molar-refractivity contribution in [2.45, 2.75) is 13.1 Å². The van der Waals surface area contributed by atoms with E-state index in [1.807, 2.05) is 0 Å². The number of nitrogens with zero attached hydrogens (tertiary/aromatic N) is 4. The van der Waals surface area contributed by atoms with Gasteiger partial charge in [0.15, 0.2) is 5.82 Å². The molecule has 0 aliphatic rings. The van der Waals surface area contributed by atoms with Gasteiger partial charge in [-0.3, -0.25) is 9.59 Å². The summed E-state index contributed by atoms with van der Waals surface area (Å²) < 4.78 is 59.1. The van der Waals surface area contributed by atoms with Crippen molar-refractivity contribution < 1.29 is 37.0 Å². The van der Waals surface area contributed by atoms with Gasteiger partial charge in [0.25, 0.3) is 11.9 Å². The largest absolute Gasteiger partial charge is 0.494 e. The summed E-state index contributed by atoms with van der Waals surface area (Å²) in [7, 11) is 1.35. The molecule has 1 amide bonds. The van der Waals surface area contributed by atoms with E-state index in [0.717, 1.165) is 13.0 Å². The van der Waals surface area contributed by atoms with Gasteiger partial charge < -0.3 is 20.9 Å². The van der Waals surface area contributed by atoms with Crippen LogP contribution in [0.25, 0.3) is 16.7 Å². The number of nitrogen functional groups attached to an aromatic ring is 1. The van der Waals surface area contributed by atoms with E-state index in [9.17, 15) is 22.4 Å². The fraction of sp³-hybridized carbons (Fsp3) is 0.136. The third-order valence-corrected chi connectivity index (χ3v) is 4.61. The van der Waals surface area contributed by atoms with E-state index < -0.39 is 35.0 Å². The molecule has 0 saturated carbocycles. The zero-order valence-electron chi connectivity index (χ0n) is 18.7. The van der Waals surface area contributed by atoms with Crippen LogP contribution in [0.2, 0.25) is 0 Å². The van der Waals surface area contributed by atoms with E-state index in [1.165, 1.54) is 36.4 Å². The van der Waals surface area contributed by atoms with Crippen LogP contribution in [-0.4, -0.2) is 43.8 Å². The Labute approximate surface area is 200 Å². The number of aromatic nitrogens is 4. The fourth-order valence-corrected chi connectivity index (χ4v) is 3.06. The molecular formula is C22H18F4N6O4. The van der Waals surface area contributed by atoms with Crippen molar-refractivity contribution in [3.8, 4) is 11.4 Å². The Kier molecular flexibility index (Phi) is 7.36. The number of benzene rings is 2. The topological polar surface area (TPSA) is 145 Å². The molecule has 2 aromatic carbocycles. The van der Waals surface area contributed by atoms with Crippen LogP contribution in [0.1, 0.15) is 22.8 Å². The van der Waals surface area contributed by atoms with Gasteiger partial charge in [0.05, 0.1) is 35.8 Å². The van der Waals surface area contributed by atoms with Gasteiger partial charge >= 0.3 is 6.18 Å². The number of alkyl halides is 3. The Bertz CT molecular complexity index is 1430. The average molecular weight is 506 g/mol. The highest BCUT2D eigenvalue weighted by atomic mass is 19.4. The number of ether oxygens (including phenoxy) is 1. The highest BCUT2D eigenvalue weighted by Gasteiger charge is 2.31. The Morgan fingerprint density at radius 2 is 1.83 bits per heavy atom. The van der Waals surface area contributed by atoms with Crippen LogP contribution in [0.5, 0.6) is 5.75 Å². The number of aliphatic carboxylic acids is 1. The van der Waals surface area contributed by atoms with Gasteiger partial charge in [-0.15, -0.1) is 0 Å². The normalized spacial score (nSPS) is 10.9. The first kappa shape index (κ1) is 25.9. The van der Waals surface area contributed by atoms with E-state index in [1.54, 1.807) is 6.07 Å². The molecule has 0 unspecified atom stereocenters. The highest BCUT2D eigenvalue weighted by Crippen LogP contribution is 2.32. The molecule has 0 saturated heterocycles. The maximum absolute atomic E-state index is 14.1. The number of carboxylic acids is 1. The summed E-state index contributed by atoms with van der Waals surface area (Å²) in [5, 5.41) is 14.1. The van der Waals surface area contributed by atoms with Crippen molar-refractivity contribution in [2.24, 2.45) is 0 Å². The molecule has 14 heteroatoms. The number of amides is 1. The van der Waals surface area contributed by atoms with E-state index in [0.29, 0.717) is 22.8 Å². The lowest BCUT2D eigenvalue weighted by Crippen LogP contribution is -2.16. The standard InChI is InChI=1S/C20H14F4N6O2.C2H4O2/c1-32-16-7-11(30-17-15(8-28-30)26-9-27-18(17)25)3-5-14(16)29-19(31)12-4-2-10(6-13(12)21)20(22,23)24;1-2(3)4/h2-9H,1H3,(H,29,31)(H2,25,26,27);1H3,(H,3,4). The van der Waals surface area contributed by atoms with Gasteiger partial charge in [0.1, 0.15) is 28.9 Å². The number of carbonyl (C=O) groups excluding carboxylic acids is 1. The molecule has 0 aliphatic carbocycles. The predicted octanol–water partition coefficient (Wildman–Crippen LogP) is 3.91. The van der Waals surface area contributed by atoms with E-state index in [2.05, 4.69) is 20.4 Å². The number of halogens is 4. The third-order valence-electron chi connectivity index (χ3n) is 4.61. The molecule has 2 heterocycles. The number of hydrogen-bond donors (Lipinski definition) is 3. The van der Waals surface area contributed by atoms with Crippen molar-refractivity contribution in [2.75, 3.05) is 18.2 Å². The Balaban J connectivity index is 0.000000840. The van der Waals surface area contributed by atoms with Crippen molar-refractivity contribution in [1.29, 1.82) is 0 Å². The van der Waals surface area contributed by atoms with Gasteiger partial charge in [-0.25, -0.2) is 19.0 Å². The monoisotopic (exact) mass is 506 g/mol. The summed E-state index contributed by atoms with van der Waals surface area (Å²) in [5.74, 6) is -2.67. The van der Waals surface area contributed by atoms with Gasteiger partial charge in [0, 0.05) is 13.0 Å². The summed E-state index contributed by atoms with van der Waals surface area (Å²) in [5.41, 5.74) is 5.84. The summed E-state index contributed by atoms with van der Waals surface area (Å²) in [6.07, 6.45) is -1.91. The molecule has 4 N–H and O–H groups in total. The molecule has 4 rings (SSSR count). The summed E-state index contributed by atoms with van der Waals surface area (Å²) >= 11 is 0. The SMILES string of the molecule is CC(=O)O.COc1cc(-n2ncc3ncnc(N)c32)ccc1NC(=O)c1ccc(C(F)(F)F)cc1F. The second-order valence-corrected chi connectivity index (χ2v) is 7.10. The smallest absolute Gasteiger partial charge is 0.416 e. The first-order chi connectivity index (χ1) is 16.9. The summed E-state index contributed by atoms with van der Waals surface area (Å²) in [6, 6.07) is 6.27. The number of methoxy groups -OCH3 is 1. The first-order valence-electron chi connectivity index (χ1n) is 9.92. The minimum absolute atomic E-state index is 0.168. The molecule has 188 valence electrons. The molecular weight excluding hydrogens is 488 g/mol. The van der Waals surface area contributed by atoms with Crippen molar-refractivity contribution >= 4 is 34.4 Å². The maximum atomic E-state index is 14.1. The second kappa shape index (κ2) is 10.2. The van der Waals surface area contributed by atoms with E-state index in [4.69, 9.17) is 20.4 Å². The van der Waals surface area contributed by atoms with Gasteiger partial charge in [0.2, 0.25) is 0 Å². The number of nitrogens with two attached hydrogens (primary N) is 1. The molecule has 2 aromatic heterocycles. The third kappa shape index (κ3) is 5.65. The maximum Gasteiger partial charge on any atom is 0.416 e. The molecule has 0 radical (unpaired) electrons. The number of carboxylic acid groups (broad SMARTS) is 1. The Hall–Kier alpha value is -4.75. The number of nitrogens with one attached hydrogen (secondary N) is 1. The average Bonchev–Trinajstić information content (AvgIpc) is 3.24. The van der Waals surface area contributed by atoms with Crippen molar-refractivity contribution in [3.63, 3.8) is 0 Å². The van der Waals surface area contributed by atoms with Crippen LogP contribution in [0, 0.1) is 5.82 Å². The molecule has 0 fully saturated rings. The molecule has 0 spiro atoms. The van der Waals surface area contributed by atoms with Crippen molar-refractivity contribution in [3.05, 3.63) is 65.9 Å². The lowest BCUT2D eigenvalue weighted by Gasteiger charge is -2.13. The number of carbonyl (C=O) groups is 2. The van der Waals surface area contributed by atoms with E-state index in [-0.39, 0.29) is 23.3 Å². The Morgan fingerprint density at radius 1 is 1.14 bits per heavy atom. The molecule has 10 nitrogen and oxygen atoms in total. The van der Waals surface area contributed by atoms with Crippen molar-refractivity contribution in [1.82, 2.24) is 19.7 Å². The molecule has 0 atom stereocenters. The predicted molar refractivity (Wildman–Crippen MR) is 120 cm³/mol. The van der Waals surface area contributed by atoms with Gasteiger partial charge in [-0.1, -0.05) is 0 Å². The fourth-order valence-electron chi connectivity index (χ4n) is 3.06. The van der Waals surface area contributed by atoms with Crippen LogP contribution < -0.4 is 15.8 Å². The quantitative estimate of drug-likeness (QED) is 0.353. The summed E-state index contributed by atoms with van der Waals surface area (Å²) in [6.45, 7) is 1.08. The molecule has 36 heavy (non-hydrogen) atoms. The highest BCUT2D eigenvalue weighted by molar-refractivity contribution is 6.05. The molecule has 4 aromatic rings. The first-order valence-corrected chi connectivity index (χ1v) is 9.92. The number of hydrogen-bond acceptors (Lipinski definition) is 7. The number of anilines is 2. The minimum Gasteiger partial charge on any atom is -0.494 e. The zero-order chi connectivity index (χ0) is 26.6. The van der Waals surface area contributed by atoms with Gasteiger partial charge in [-0.05, 0) is 30.3 Å². The lowest BCUT2D eigenvalue weighted by atomic mass is 10.1. The van der Waals surface area contributed by atoms with Crippen LogP contribution in [0.4, 0.5) is 29.1 Å². The molecule has 0 aliphatic heterocycles. The number of rotatable bonds is 4. The van der Waals surface area contributed by atoms with Crippen LogP contribution in [0.3, 0.4) is 0 Å². The number of fused-ring (bicyclic) bond motifs is 1. The van der Waals surface area contributed by atoms with E-state index >= 15 is 0 Å². The summed E-state index contributed by atoms with van der Waals surface area (Å²) in [4.78, 5) is 29.5. The van der Waals surface area contributed by atoms with Gasteiger partial charge in [-0.2, -0.15) is 18.3 Å². The van der Waals surface area contributed by atoms with Crippen LogP contribution in [0.15, 0.2) is 48.9 Å². The zero-order valence-corrected chi connectivity index (χ0v) is 18.7. The second-order valence-electron chi connectivity index (χ2n) is 7.10. The van der Waals surface area contributed by atoms with Crippen LogP contribution >= 0.6 is 0 Å². The minimum atomic E-state index is -4.72.